The molecule has 9 heteroatoms. The molecule has 0 saturated carbocycles. The number of rotatable bonds is 2. The van der Waals surface area contributed by atoms with E-state index in [1.165, 1.54) is 11.2 Å². The average Bonchev–Trinajstić information content (AvgIpc) is 2.75. The minimum atomic E-state index is -4.48. The van der Waals surface area contributed by atoms with Crippen LogP contribution in [0.15, 0.2) is 23.1 Å². The largest absolute Gasteiger partial charge is 0.416 e. The van der Waals surface area contributed by atoms with Crippen molar-refractivity contribution in [2.24, 2.45) is 5.73 Å². The van der Waals surface area contributed by atoms with Crippen molar-refractivity contribution in [1.29, 1.82) is 0 Å². The number of alkyl halides is 3. The molecule has 120 valence electrons. The third kappa shape index (κ3) is 3.68. The first kappa shape index (κ1) is 18.2. The minimum absolute atomic E-state index is 0. The summed E-state index contributed by atoms with van der Waals surface area (Å²) >= 11 is 0. The Bertz CT molecular complexity index is 619. The topological polar surface area (TPSA) is 63.4 Å². The number of nitrogens with two attached hydrogens (primary N) is 1. The summed E-state index contributed by atoms with van der Waals surface area (Å²) in [5, 5.41) is 0. The molecule has 0 aliphatic carbocycles. The molecule has 1 aliphatic heterocycles. The van der Waals surface area contributed by atoms with Crippen molar-refractivity contribution in [1.82, 2.24) is 4.31 Å². The van der Waals surface area contributed by atoms with Gasteiger partial charge in [0.15, 0.2) is 0 Å². The van der Waals surface area contributed by atoms with E-state index in [0.29, 0.717) is 13.0 Å². The van der Waals surface area contributed by atoms with E-state index in [9.17, 15) is 21.6 Å². The van der Waals surface area contributed by atoms with Gasteiger partial charge in [0.2, 0.25) is 10.0 Å². The molecule has 1 saturated heterocycles. The Morgan fingerprint density at radius 1 is 1.33 bits per heavy atom. The molecule has 0 bridgehead atoms. The third-order valence-corrected chi connectivity index (χ3v) is 5.33. The van der Waals surface area contributed by atoms with Crippen LogP contribution < -0.4 is 5.73 Å². The predicted molar refractivity (Wildman–Crippen MR) is 74.8 cm³/mol. The summed E-state index contributed by atoms with van der Waals surface area (Å²) in [7, 11) is -3.78. The standard InChI is InChI=1S/C12H15F3N2O2S.ClH/c1-8-6-9(12(13,14)15)2-3-11(8)20(18,19)17-5-4-10(16)7-17;/h2-3,6,10H,4-5,7,16H2,1H3;1H/t10-;/m0./s1. The van der Waals surface area contributed by atoms with Gasteiger partial charge in [0.1, 0.15) is 0 Å². The summed E-state index contributed by atoms with van der Waals surface area (Å²) in [6.07, 6.45) is -3.93. The molecule has 1 atom stereocenters. The number of benzene rings is 1. The van der Waals surface area contributed by atoms with Gasteiger partial charge in [-0.05, 0) is 37.1 Å². The van der Waals surface area contributed by atoms with Crippen molar-refractivity contribution < 1.29 is 21.6 Å². The summed E-state index contributed by atoms with van der Waals surface area (Å²) in [6.45, 7) is 1.85. The highest BCUT2D eigenvalue weighted by molar-refractivity contribution is 7.89. The molecular formula is C12H16ClF3N2O2S. The molecule has 2 N–H and O–H groups in total. The van der Waals surface area contributed by atoms with Crippen LogP contribution in [0.3, 0.4) is 0 Å². The second kappa shape index (κ2) is 6.12. The van der Waals surface area contributed by atoms with E-state index in [1.807, 2.05) is 0 Å². The zero-order valence-corrected chi connectivity index (χ0v) is 12.9. The van der Waals surface area contributed by atoms with Crippen molar-refractivity contribution in [3.05, 3.63) is 29.3 Å². The van der Waals surface area contributed by atoms with Crippen molar-refractivity contribution in [2.75, 3.05) is 13.1 Å². The van der Waals surface area contributed by atoms with Crippen LogP contribution in [0, 0.1) is 6.92 Å². The van der Waals surface area contributed by atoms with Gasteiger partial charge in [0.25, 0.3) is 0 Å². The van der Waals surface area contributed by atoms with Crippen molar-refractivity contribution in [3.63, 3.8) is 0 Å². The first-order valence-corrected chi connectivity index (χ1v) is 7.50. The molecule has 1 heterocycles. The highest BCUT2D eigenvalue weighted by Gasteiger charge is 2.34. The Morgan fingerprint density at radius 3 is 2.38 bits per heavy atom. The van der Waals surface area contributed by atoms with Gasteiger partial charge in [0, 0.05) is 19.1 Å². The van der Waals surface area contributed by atoms with Gasteiger partial charge in [-0.3, -0.25) is 0 Å². The lowest BCUT2D eigenvalue weighted by Crippen LogP contribution is -2.32. The van der Waals surface area contributed by atoms with Crippen LogP contribution in [-0.2, 0) is 16.2 Å². The fraction of sp³-hybridized carbons (Fsp3) is 0.500. The van der Waals surface area contributed by atoms with Gasteiger partial charge in [-0.1, -0.05) is 0 Å². The number of aryl methyl sites for hydroxylation is 1. The smallest absolute Gasteiger partial charge is 0.326 e. The lowest BCUT2D eigenvalue weighted by molar-refractivity contribution is -0.137. The predicted octanol–water partition coefficient (Wildman–Crippen LogP) is 2.16. The molecule has 0 amide bonds. The Hall–Kier alpha value is -0.830. The van der Waals surface area contributed by atoms with E-state index < -0.39 is 21.8 Å². The molecule has 1 fully saturated rings. The molecule has 21 heavy (non-hydrogen) atoms. The van der Waals surface area contributed by atoms with Crippen LogP contribution in [0.4, 0.5) is 13.2 Å². The molecule has 2 rings (SSSR count). The lowest BCUT2D eigenvalue weighted by Gasteiger charge is -2.18. The molecule has 4 nitrogen and oxygen atoms in total. The van der Waals surface area contributed by atoms with Crippen LogP contribution in [0.2, 0.25) is 0 Å². The first-order chi connectivity index (χ1) is 9.12. The monoisotopic (exact) mass is 344 g/mol. The highest BCUT2D eigenvalue weighted by Crippen LogP contribution is 2.32. The van der Waals surface area contributed by atoms with Crippen LogP contribution in [0.25, 0.3) is 0 Å². The second-order valence-corrected chi connectivity index (χ2v) is 6.80. The SMILES string of the molecule is Cc1cc(C(F)(F)F)ccc1S(=O)(=O)N1CC[C@H](N)C1.Cl. The van der Waals surface area contributed by atoms with Gasteiger partial charge >= 0.3 is 6.18 Å². The van der Waals surface area contributed by atoms with Crippen LogP contribution >= 0.6 is 12.4 Å². The van der Waals surface area contributed by atoms with Gasteiger partial charge in [-0.25, -0.2) is 8.42 Å². The van der Waals surface area contributed by atoms with E-state index in [1.54, 1.807) is 0 Å². The van der Waals surface area contributed by atoms with Gasteiger partial charge in [-0.15, -0.1) is 12.4 Å². The molecule has 1 aromatic carbocycles. The van der Waals surface area contributed by atoms with Crippen LogP contribution in [-0.4, -0.2) is 31.9 Å². The van der Waals surface area contributed by atoms with Gasteiger partial charge < -0.3 is 5.73 Å². The fourth-order valence-corrected chi connectivity index (χ4v) is 3.94. The van der Waals surface area contributed by atoms with E-state index in [0.717, 1.165) is 18.2 Å². The van der Waals surface area contributed by atoms with E-state index in [4.69, 9.17) is 5.73 Å². The molecule has 0 spiro atoms. The number of sulfonamides is 1. The molecule has 1 aromatic rings. The Balaban J connectivity index is 0.00000220. The number of halogens is 4. The number of hydrogen-bond donors (Lipinski definition) is 1. The quantitative estimate of drug-likeness (QED) is 0.894. The van der Waals surface area contributed by atoms with Crippen molar-refractivity contribution in [2.45, 2.75) is 30.5 Å². The highest BCUT2D eigenvalue weighted by atomic mass is 35.5. The van der Waals surface area contributed by atoms with Gasteiger partial charge in [-0.2, -0.15) is 17.5 Å². The van der Waals surface area contributed by atoms with Crippen LogP contribution in [0.5, 0.6) is 0 Å². The first-order valence-electron chi connectivity index (χ1n) is 6.06. The number of nitrogens with zero attached hydrogens (tertiary/aromatic N) is 1. The molecule has 1 aliphatic rings. The summed E-state index contributed by atoms with van der Waals surface area (Å²) in [6, 6.07) is 2.43. The maximum absolute atomic E-state index is 12.6. The van der Waals surface area contributed by atoms with Crippen molar-refractivity contribution >= 4 is 22.4 Å². The maximum atomic E-state index is 12.6. The zero-order valence-electron chi connectivity index (χ0n) is 11.2. The normalized spacial score (nSPS) is 20.3. The fourth-order valence-electron chi connectivity index (χ4n) is 2.23. The summed E-state index contributed by atoms with van der Waals surface area (Å²) in [4.78, 5) is -0.0976. The third-order valence-electron chi connectivity index (χ3n) is 3.31. The molecule has 0 aromatic heterocycles. The summed E-state index contributed by atoms with van der Waals surface area (Å²) in [5.74, 6) is 0. The summed E-state index contributed by atoms with van der Waals surface area (Å²) < 4.78 is 63.6. The average molecular weight is 345 g/mol. The van der Waals surface area contributed by atoms with Crippen molar-refractivity contribution in [3.8, 4) is 0 Å². The van der Waals surface area contributed by atoms with E-state index in [-0.39, 0.29) is 35.5 Å². The summed E-state index contributed by atoms with van der Waals surface area (Å²) in [5.41, 5.74) is 4.89. The Labute approximate surface area is 127 Å². The maximum Gasteiger partial charge on any atom is 0.416 e. The molecule has 0 unspecified atom stereocenters. The van der Waals surface area contributed by atoms with E-state index in [2.05, 4.69) is 0 Å². The van der Waals surface area contributed by atoms with Crippen LogP contribution in [0.1, 0.15) is 17.5 Å². The number of hydrogen-bond acceptors (Lipinski definition) is 3. The molecular weight excluding hydrogens is 329 g/mol. The lowest BCUT2D eigenvalue weighted by atomic mass is 10.1. The van der Waals surface area contributed by atoms with Gasteiger partial charge in [0.05, 0.1) is 10.5 Å². The molecule has 0 radical (unpaired) electrons. The second-order valence-electron chi connectivity index (χ2n) is 4.89. The van der Waals surface area contributed by atoms with E-state index >= 15 is 0 Å². The Kier molecular flexibility index (Phi) is 5.31. The Morgan fingerprint density at radius 2 is 1.95 bits per heavy atom. The zero-order chi connectivity index (χ0) is 15.1. The minimum Gasteiger partial charge on any atom is -0.326 e.